The highest BCUT2D eigenvalue weighted by Gasteiger charge is 2.51. The lowest BCUT2D eigenvalue weighted by Gasteiger charge is -2.44. The first kappa shape index (κ1) is 19.6. The number of fused-ring (bicyclic) bond motifs is 4. The van der Waals surface area contributed by atoms with Crippen LogP contribution in [-0.4, -0.2) is 27.3 Å². The number of rotatable bonds is 4. The maximum atomic E-state index is 12.7. The third-order valence-corrected chi connectivity index (χ3v) is 5.29. The van der Waals surface area contributed by atoms with Crippen LogP contribution in [0.3, 0.4) is 0 Å². The summed E-state index contributed by atoms with van der Waals surface area (Å²) in [4.78, 5) is 23.6. The summed E-state index contributed by atoms with van der Waals surface area (Å²) in [6.45, 7) is 1.93. The van der Waals surface area contributed by atoms with Crippen molar-refractivity contribution < 1.29 is 34.4 Å². The molecule has 2 heterocycles. The number of carbonyl (C=O) groups is 2. The SMILES string of the molecule is CCC1=C(C=CCC(=O)O)CC(=O)OC12c1ccc(O)cc1Oc1cc(O)ccc12. The second-order valence-electron chi connectivity index (χ2n) is 7.15. The molecule has 0 aromatic heterocycles. The van der Waals surface area contributed by atoms with Gasteiger partial charge >= 0.3 is 11.9 Å². The highest BCUT2D eigenvalue weighted by atomic mass is 16.6. The van der Waals surface area contributed by atoms with Gasteiger partial charge in [0.2, 0.25) is 0 Å². The van der Waals surface area contributed by atoms with Crippen LogP contribution in [0, 0.1) is 0 Å². The van der Waals surface area contributed by atoms with Crippen LogP contribution in [0.5, 0.6) is 23.0 Å². The van der Waals surface area contributed by atoms with Crippen molar-refractivity contribution in [3.05, 3.63) is 70.8 Å². The first-order valence-corrected chi connectivity index (χ1v) is 9.52. The van der Waals surface area contributed by atoms with Gasteiger partial charge in [0.15, 0.2) is 5.60 Å². The summed E-state index contributed by atoms with van der Waals surface area (Å²) in [6, 6.07) is 9.14. The van der Waals surface area contributed by atoms with E-state index in [4.69, 9.17) is 14.6 Å². The number of ether oxygens (including phenoxy) is 2. The van der Waals surface area contributed by atoms with Gasteiger partial charge in [0, 0.05) is 23.3 Å². The standard InChI is InChI=1S/C23H20O7/c1-2-16-13(4-3-5-21(26)27)10-22(28)30-23(16)17-8-6-14(24)11-19(17)29-20-12-15(25)7-9-18(20)23/h3-4,6-9,11-12,24-25H,2,5,10H2,1H3,(H,26,27). The van der Waals surface area contributed by atoms with Gasteiger partial charge in [-0.05, 0) is 41.8 Å². The quantitative estimate of drug-likeness (QED) is 0.652. The van der Waals surface area contributed by atoms with E-state index in [9.17, 15) is 19.8 Å². The largest absolute Gasteiger partial charge is 0.508 e. The minimum atomic E-state index is -1.31. The summed E-state index contributed by atoms with van der Waals surface area (Å²) in [5.74, 6) is -0.852. The van der Waals surface area contributed by atoms with E-state index in [0.29, 0.717) is 34.6 Å². The highest BCUT2D eigenvalue weighted by Crippen LogP contribution is 2.56. The molecule has 0 bridgehead atoms. The maximum Gasteiger partial charge on any atom is 0.311 e. The fraction of sp³-hybridized carbons (Fsp3) is 0.217. The van der Waals surface area contributed by atoms with Crippen molar-refractivity contribution in [2.24, 2.45) is 0 Å². The van der Waals surface area contributed by atoms with Crippen LogP contribution in [0.2, 0.25) is 0 Å². The fourth-order valence-corrected chi connectivity index (χ4v) is 4.17. The summed E-state index contributed by atoms with van der Waals surface area (Å²) in [5.41, 5.74) is 1.25. The van der Waals surface area contributed by atoms with Crippen LogP contribution in [0.15, 0.2) is 59.7 Å². The van der Waals surface area contributed by atoms with Gasteiger partial charge in [-0.1, -0.05) is 19.1 Å². The third kappa shape index (κ3) is 3.08. The van der Waals surface area contributed by atoms with Crippen LogP contribution >= 0.6 is 0 Å². The Labute approximate surface area is 172 Å². The normalized spacial score (nSPS) is 16.8. The molecule has 0 fully saturated rings. The van der Waals surface area contributed by atoms with Gasteiger partial charge < -0.3 is 24.8 Å². The zero-order chi connectivity index (χ0) is 21.5. The molecule has 3 N–H and O–H groups in total. The maximum absolute atomic E-state index is 12.7. The van der Waals surface area contributed by atoms with Gasteiger partial charge in [-0.3, -0.25) is 9.59 Å². The number of carboxylic acids is 1. The molecular weight excluding hydrogens is 388 g/mol. The Morgan fingerprint density at radius 2 is 1.70 bits per heavy atom. The number of hydrogen-bond donors (Lipinski definition) is 3. The van der Waals surface area contributed by atoms with E-state index in [2.05, 4.69) is 0 Å². The smallest absolute Gasteiger partial charge is 0.311 e. The van der Waals surface area contributed by atoms with Gasteiger partial charge in [-0.2, -0.15) is 0 Å². The van der Waals surface area contributed by atoms with Crippen LogP contribution in [-0.2, 0) is 19.9 Å². The molecule has 0 radical (unpaired) electrons. The van der Waals surface area contributed by atoms with Crippen molar-refractivity contribution in [3.8, 4) is 23.0 Å². The predicted octanol–water partition coefficient (Wildman–Crippen LogP) is 4.13. The number of benzene rings is 2. The molecule has 7 nitrogen and oxygen atoms in total. The van der Waals surface area contributed by atoms with E-state index in [1.54, 1.807) is 18.2 Å². The zero-order valence-corrected chi connectivity index (χ0v) is 16.2. The molecule has 30 heavy (non-hydrogen) atoms. The third-order valence-electron chi connectivity index (χ3n) is 5.29. The lowest BCUT2D eigenvalue weighted by atomic mass is 9.73. The molecule has 0 atom stereocenters. The van der Waals surface area contributed by atoms with E-state index >= 15 is 0 Å². The zero-order valence-electron chi connectivity index (χ0n) is 16.2. The molecule has 1 spiro atoms. The average Bonchev–Trinajstić information content (AvgIpc) is 2.67. The number of aromatic hydroxyl groups is 2. The highest BCUT2D eigenvalue weighted by molar-refractivity contribution is 5.80. The van der Waals surface area contributed by atoms with E-state index < -0.39 is 17.5 Å². The Hall–Kier alpha value is -3.74. The first-order valence-electron chi connectivity index (χ1n) is 9.52. The molecule has 4 rings (SSSR count). The molecule has 7 heteroatoms. The van der Waals surface area contributed by atoms with Crippen LogP contribution < -0.4 is 4.74 Å². The molecule has 2 aromatic rings. The van der Waals surface area contributed by atoms with E-state index in [1.165, 1.54) is 30.3 Å². The van der Waals surface area contributed by atoms with Gasteiger partial charge in [0.05, 0.1) is 12.8 Å². The van der Waals surface area contributed by atoms with Crippen molar-refractivity contribution in [3.63, 3.8) is 0 Å². The monoisotopic (exact) mass is 408 g/mol. The summed E-state index contributed by atoms with van der Waals surface area (Å²) in [6.07, 6.45) is 3.53. The number of allylic oxidation sites excluding steroid dienone is 1. The summed E-state index contributed by atoms with van der Waals surface area (Å²) in [5, 5.41) is 28.9. The van der Waals surface area contributed by atoms with E-state index in [-0.39, 0.29) is 24.3 Å². The summed E-state index contributed by atoms with van der Waals surface area (Å²) < 4.78 is 11.9. The van der Waals surface area contributed by atoms with E-state index in [0.717, 1.165) is 5.57 Å². The number of esters is 1. The number of carbonyl (C=O) groups excluding carboxylic acids is 1. The van der Waals surface area contributed by atoms with E-state index in [1.807, 2.05) is 6.92 Å². The van der Waals surface area contributed by atoms with Crippen LogP contribution in [0.1, 0.15) is 37.3 Å². The Morgan fingerprint density at radius 3 is 2.23 bits per heavy atom. The Balaban J connectivity index is 2.02. The summed E-state index contributed by atoms with van der Waals surface area (Å²) in [7, 11) is 0. The minimum Gasteiger partial charge on any atom is -0.508 e. The molecule has 2 aromatic carbocycles. The summed E-state index contributed by atoms with van der Waals surface area (Å²) >= 11 is 0. The Bertz CT molecular complexity index is 1060. The molecule has 0 unspecified atom stereocenters. The fourth-order valence-electron chi connectivity index (χ4n) is 4.17. The van der Waals surface area contributed by atoms with Gasteiger partial charge in [0.1, 0.15) is 23.0 Å². The van der Waals surface area contributed by atoms with Gasteiger partial charge in [0.25, 0.3) is 0 Å². The van der Waals surface area contributed by atoms with Crippen molar-refractivity contribution in [2.45, 2.75) is 31.8 Å². The first-order chi connectivity index (χ1) is 14.3. The molecule has 0 aliphatic carbocycles. The predicted molar refractivity (Wildman–Crippen MR) is 106 cm³/mol. The van der Waals surface area contributed by atoms with Gasteiger partial charge in [-0.25, -0.2) is 0 Å². The number of phenolic OH excluding ortho intramolecular Hbond substituents is 2. The molecule has 154 valence electrons. The molecular formula is C23H20O7. The number of phenols is 2. The number of carboxylic acid groups (broad SMARTS) is 1. The average molecular weight is 408 g/mol. The van der Waals surface area contributed by atoms with Crippen molar-refractivity contribution >= 4 is 11.9 Å². The number of hydrogen-bond acceptors (Lipinski definition) is 6. The molecule has 2 aliphatic heterocycles. The van der Waals surface area contributed by atoms with Crippen LogP contribution in [0.4, 0.5) is 0 Å². The second kappa shape index (κ2) is 7.26. The lowest BCUT2D eigenvalue weighted by molar-refractivity contribution is -0.155. The lowest BCUT2D eigenvalue weighted by Crippen LogP contribution is -2.41. The van der Waals surface area contributed by atoms with Gasteiger partial charge in [-0.15, -0.1) is 0 Å². The second-order valence-corrected chi connectivity index (χ2v) is 7.15. The molecule has 2 aliphatic rings. The topological polar surface area (TPSA) is 113 Å². The van der Waals surface area contributed by atoms with Crippen molar-refractivity contribution in [1.29, 1.82) is 0 Å². The Kier molecular flexibility index (Phi) is 4.73. The van der Waals surface area contributed by atoms with Crippen LogP contribution in [0.25, 0.3) is 0 Å². The molecule has 0 amide bonds. The number of aliphatic carboxylic acids is 1. The van der Waals surface area contributed by atoms with Crippen molar-refractivity contribution in [1.82, 2.24) is 0 Å². The van der Waals surface area contributed by atoms with Crippen molar-refractivity contribution in [2.75, 3.05) is 0 Å². The molecule has 0 saturated carbocycles. The minimum absolute atomic E-state index is 0.0155. The Morgan fingerprint density at radius 1 is 1.10 bits per heavy atom. The molecule has 0 saturated heterocycles.